The molecule has 1 atom stereocenters. The number of amides is 1. The number of aryl methyl sites for hydroxylation is 2. The Bertz CT molecular complexity index is 648. The molecule has 1 aromatic carbocycles. The smallest absolute Gasteiger partial charge is 0.224 e. The lowest BCUT2D eigenvalue weighted by molar-refractivity contribution is -0.116. The molecule has 0 aliphatic carbocycles. The number of benzene rings is 1. The van der Waals surface area contributed by atoms with Crippen LogP contribution in [0.25, 0.3) is 0 Å². The van der Waals surface area contributed by atoms with Gasteiger partial charge in [0.2, 0.25) is 5.91 Å². The minimum absolute atomic E-state index is 0.0753. The summed E-state index contributed by atoms with van der Waals surface area (Å²) in [6.45, 7) is 2.05. The molecule has 0 saturated carbocycles. The summed E-state index contributed by atoms with van der Waals surface area (Å²) < 4.78 is 5.71. The van der Waals surface area contributed by atoms with E-state index in [9.17, 15) is 4.79 Å². The van der Waals surface area contributed by atoms with E-state index in [0.717, 1.165) is 41.2 Å². The van der Waals surface area contributed by atoms with Gasteiger partial charge < -0.3 is 9.73 Å². The maximum Gasteiger partial charge on any atom is 0.224 e. The van der Waals surface area contributed by atoms with E-state index in [1.54, 1.807) is 0 Å². The van der Waals surface area contributed by atoms with E-state index < -0.39 is 0 Å². The highest BCUT2D eigenvalue weighted by atomic mass is 35.5. The molecule has 3 rings (SSSR count). The number of carbonyl (C=O) groups excluding carboxylic acids is 1. The lowest BCUT2D eigenvalue weighted by Gasteiger charge is -2.18. The van der Waals surface area contributed by atoms with E-state index in [0.29, 0.717) is 6.42 Å². The first kappa shape index (κ1) is 13.3. The number of hydrogen-bond acceptors (Lipinski definition) is 2. The zero-order valence-corrected chi connectivity index (χ0v) is 12.0. The zero-order valence-electron chi connectivity index (χ0n) is 11.3. The third kappa shape index (κ3) is 2.46. The van der Waals surface area contributed by atoms with Gasteiger partial charge in [-0.05, 0) is 35.7 Å². The summed E-state index contributed by atoms with van der Waals surface area (Å²) in [7, 11) is 0. The molecule has 2 heterocycles. The van der Waals surface area contributed by atoms with Gasteiger partial charge in [0.1, 0.15) is 16.9 Å². The molecular formula is C16H16ClNO2. The molecule has 1 amide bonds. The van der Waals surface area contributed by atoms with Crippen molar-refractivity contribution in [2.75, 3.05) is 5.32 Å². The average Bonchev–Trinajstić information content (AvgIpc) is 2.95. The quantitative estimate of drug-likeness (QED) is 0.866. The van der Waals surface area contributed by atoms with Crippen LogP contribution in [-0.2, 0) is 17.6 Å². The highest BCUT2D eigenvalue weighted by Crippen LogP contribution is 2.33. The molecule has 0 spiro atoms. The summed E-state index contributed by atoms with van der Waals surface area (Å²) in [5, 5.41) is 2.58. The molecule has 0 fully saturated rings. The summed E-state index contributed by atoms with van der Waals surface area (Å²) >= 11 is 6.49. The molecule has 20 heavy (non-hydrogen) atoms. The predicted molar refractivity (Wildman–Crippen MR) is 79.2 cm³/mol. The van der Waals surface area contributed by atoms with Gasteiger partial charge in [-0.25, -0.2) is 0 Å². The van der Waals surface area contributed by atoms with Gasteiger partial charge in [-0.1, -0.05) is 19.1 Å². The van der Waals surface area contributed by atoms with Gasteiger partial charge in [0.15, 0.2) is 0 Å². The van der Waals surface area contributed by atoms with Gasteiger partial charge in [-0.15, -0.1) is 11.6 Å². The lowest BCUT2D eigenvalue weighted by Crippen LogP contribution is -2.19. The van der Waals surface area contributed by atoms with Crippen LogP contribution in [0.3, 0.4) is 0 Å². The van der Waals surface area contributed by atoms with Crippen molar-refractivity contribution < 1.29 is 9.21 Å². The molecule has 0 bridgehead atoms. The molecule has 0 saturated heterocycles. The lowest BCUT2D eigenvalue weighted by atomic mass is 9.98. The first-order valence-electron chi connectivity index (χ1n) is 6.82. The zero-order chi connectivity index (χ0) is 14.1. The van der Waals surface area contributed by atoms with E-state index in [1.165, 1.54) is 0 Å². The molecule has 1 N–H and O–H groups in total. The molecule has 2 aromatic rings. The minimum Gasteiger partial charge on any atom is -0.464 e. The third-order valence-electron chi connectivity index (χ3n) is 3.60. The molecule has 1 aliphatic heterocycles. The summed E-state index contributed by atoms with van der Waals surface area (Å²) in [6.07, 6.45) is 2.15. The van der Waals surface area contributed by atoms with E-state index in [4.69, 9.17) is 16.0 Å². The Morgan fingerprint density at radius 2 is 2.15 bits per heavy atom. The van der Waals surface area contributed by atoms with Crippen LogP contribution in [0.1, 0.15) is 41.4 Å². The summed E-state index contributed by atoms with van der Waals surface area (Å²) in [4.78, 5) is 11.3. The van der Waals surface area contributed by atoms with Crippen molar-refractivity contribution in [3.63, 3.8) is 0 Å². The number of hydrogen-bond donors (Lipinski definition) is 1. The highest BCUT2D eigenvalue weighted by molar-refractivity contribution is 6.22. The Balaban J connectivity index is 1.88. The third-order valence-corrected chi connectivity index (χ3v) is 4.07. The van der Waals surface area contributed by atoms with Gasteiger partial charge in [0, 0.05) is 18.5 Å². The number of furan rings is 1. The van der Waals surface area contributed by atoms with E-state index in [1.807, 2.05) is 31.2 Å². The normalized spacial score (nSPS) is 15.6. The van der Waals surface area contributed by atoms with Crippen LogP contribution in [0.4, 0.5) is 5.69 Å². The fourth-order valence-corrected chi connectivity index (χ4v) is 2.70. The van der Waals surface area contributed by atoms with E-state index in [2.05, 4.69) is 11.4 Å². The Morgan fingerprint density at radius 1 is 1.30 bits per heavy atom. The van der Waals surface area contributed by atoms with Gasteiger partial charge >= 0.3 is 0 Å². The number of fused-ring (bicyclic) bond motifs is 1. The maximum atomic E-state index is 11.3. The molecule has 3 nitrogen and oxygen atoms in total. The van der Waals surface area contributed by atoms with Crippen LogP contribution >= 0.6 is 11.6 Å². The van der Waals surface area contributed by atoms with Crippen molar-refractivity contribution in [3.05, 3.63) is 53.0 Å². The van der Waals surface area contributed by atoms with Gasteiger partial charge in [-0.2, -0.15) is 0 Å². The Hall–Kier alpha value is -1.74. The minimum atomic E-state index is -0.293. The second-order valence-electron chi connectivity index (χ2n) is 4.98. The van der Waals surface area contributed by atoms with Gasteiger partial charge in [-0.3, -0.25) is 4.79 Å². The number of anilines is 1. The number of rotatable bonds is 3. The Morgan fingerprint density at radius 3 is 2.90 bits per heavy atom. The largest absolute Gasteiger partial charge is 0.464 e. The predicted octanol–water partition coefficient (Wildman–Crippen LogP) is 4.05. The summed E-state index contributed by atoms with van der Waals surface area (Å²) in [6, 6.07) is 9.80. The SMILES string of the molecule is CCc1ccc(C(Cl)c2ccc3c(c2)CCC(=O)N3)o1. The summed E-state index contributed by atoms with van der Waals surface area (Å²) in [5.41, 5.74) is 3.02. The number of carbonyl (C=O) groups is 1. The van der Waals surface area contributed by atoms with Crippen molar-refractivity contribution in [2.24, 2.45) is 0 Å². The molecule has 0 radical (unpaired) electrons. The molecule has 1 unspecified atom stereocenters. The van der Waals surface area contributed by atoms with E-state index >= 15 is 0 Å². The maximum absolute atomic E-state index is 11.3. The highest BCUT2D eigenvalue weighted by Gasteiger charge is 2.19. The standard InChI is InChI=1S/C16H16ClNO2/c1-2-12-5-7-14(20-12)16(17)11-3-6-13-10(9-11)4-8-15(19)18-13/h3,5-7,9,16H,2,4,8H2,1H3,(H,18,19). The van der Waals surface area contributed by atoms with E-state index in [-0.39, 0.29) is 11.3 Å². The molecule has 1 aliphatic rings. The number of nitrogens with one attached hydrogen (secondary N) is 1. The number of halogens is 1. The fourth-order valence-electron chi connectivity index (χ4n) is 2.45. The van der Waals surface area contributed by atoms with Crippen molar-refractivity contribution in [1.82, 2.24) is 0 Å². The van der Waals surface area contributed by atoms with Crippen LogP contribution in [0.5, 0.6) is 0 Å². The second-order valence-corrected chi connectivity index (χ2v) is 5.42. The van der Waals surface area contributed by atoms with Crippen LogP contribution in [0.2, 0.25) is 0 Å². The fraction of sp³-hybridized carbons (Fsp3) is 0.312. The molecule has 4 heteroatoms. The number of alkyl halides is 1. The Labute approximate surface area is 122 Å². The molecular weight excluding hydrogens is 274 g/mol. The first-order valence-corrected chi connectivity index (χ1v) is 7.26. The van der Waals surface area contributed by atoms with Crippen LogP contribution in [0, 0.1) is 0 Å². The molecule has 104 valence electrons. The van der Waals surface area contributed by atoms with Crippen molar-refractivity contribution >= 4 is 23.2 Å². The topological polar surface area (TPSA) is 42.2 Å². The Kier molecular flexibility index (Phi) is 3.53. The van der Waals surface area contributed by atoms with Gasteiger partial charge in [0.05, 0.1) is 0 Å². The van der Waals surface area contributed by atoms with Crippen molar-refractivity contribution in [1.29, 1.82) is 0 Å². The summed E-state index contributed by atoms with van der Waals surface area (Å²) in [5.74, 6) is 1.78. The average molecular weight is 290 g/mol. The second kappa shape index (κ2) is 5.33. The van der Waals surface area contributed by atoms with Crippen LogP contribution in [0.15, 0.2) is 34.7 Å². The van der Waals surface area contributed by atoms with Crippen LogP contribution < -0.4 is 5.32 Å². The van der Waals surface area contributed by atoms with Crippen molar-refractivity contribution in [2.45, 2.75) is 31.6 Å². The monoisotopic (exact) mass is 289 g/mol. The van der Waals surface area contributed by atoms with Crippen LogP contribution in [-0.4, -0.2) is 5.91 Å². The first-order chi connectivity index (χ1) is 9.67. The molecule has 1 aromatic heterocycles. The van der Waals surface area contributed by atoms with Gasteiger partial charge in [0.25, 0.3) is 0 Å². The van der Waals surface area contributed by atoms with Crippen molar-refractivity contribution in [3.8, 4) is 0 Å².